The summed E-state index contributed by atoms with van der Waals surface area (Å²) >= 11 is 0. The maximum absolute atomic E-state index is 13.8. The van der Waals surface area contributed by atoms with Crippen molar-refractivity contribution in [3.8, 4) is 5.75 Å². The molecule has 1 aromatic carbocycles. The van der Waals surface area contributed by atoms with Gasteiger partial charge in [0, 0.05) is 26.3 Å². The van der Waals surface area contributed by atoms with Crippen molar-refractivity contribution in [3.05, 3.63) is 29.6 Å². The average Bonchev–Trinajstić information content (AvgIpc) is 2.46. The molecule has 0 spiro atoms. The van der Waals surface area contributed by atoms with E-state index in [1.54, 1.807) is 12.1 Å². The minimum absolute atomic E-state index is 0.192. The van der Waals surface area contributed by atoms with E-state index >= 15 is 0 Å². The highest BCUT2D eigenvalue weighted by Gasteiger charge is 2.12. The molecule has 1 rings (SSSR count). The second-order valence-corrected chi connectivity index (χ2v) is 4.06. The van der Waals surface area contributed by atoms with E-state index in [1.165, 1.54) is 20.3 Å². The molecule has 0 heterocycles. The van der Waals surface area contributed by atoms with Gasteiger partial charge in [0.25, 0.3) is 0 Å². The highest BCUT2D eigenvalue weighted by molar-refractivity contribution is 5.30. The molecule has 0 radical (unpaired) electrons. The average molecular weight is 287 g/mol. The van der Waals surface area contributed by atoms with Crippen LogP contribution in [0.2, 0.25) is 0 Å². The van der Waals surface area contributed by atoms with E-state index in [1.807, 2.05) is 7.05 Å². The van der Waals surface area contributed by atoms with Crippen LogP contribution in [-0.4, -0.2) is 47.6 Å². The molecule has 6 heteroatoms. The van der Waals surface area contributed by atoms with Crippen molar-refractivity contribution in [3.63, 3.8) is 0 Å². The number of nitrogens with one attached hydrogen (secondary N) is 1. The monoisotopic (exact) mass is 287 g/mol. The maximum atomic E-state index is 13.8. The molecule has 1 N–H and O–H groups in total. The minimum Gasteiger partial charge on any atom is -0.488 e. The van der Waals surface area contributed by atoms with Crippen molar-refractivity contribution in [1.82, 2.24) is 5.32 Å². The lowest BCUT2D eigenvalue weighted by atomic mass is 10.2. The first kappa shape index (κ1) is 16.8. The summed E-state index contributed by atoms with van der Waals surface area (Å²) in [4.78, 5) is 0. The number of benzene rings is 1. The molecule has 0 aliphatic rings. The number of likely N-dealkylation sites (N-methyl/N-ethyl adjacent to an activating group) is 1. The van der Waals surface area contributed by atoms with Crippen molar-refractivity contribution in [1.29, 1.82) is 0 Å². The number of halogens is 1. The lowest BCUT2D eigenvalue weighted by Gasteiger charge is -2.15. The Hall–Kier alpha value is -1.21. The molecule has 114 valence electrons. The van der Waals surface area contributed by atoms with E-state index in [4.69, 9.17) is 18.9 Å². The van der Waals surface area contributed by atoms with Gasteiger partial charge in [-0.2, -0.15) is 0 Å². The van der Waals surface area contributed by atoms with E-state index in [-0.39, 0.29) is 5.75 Å². The lowest BCUT2D eigenvalue weighted by Crippen LogP contribution is -2.16. The highest BCUT2D eigenvalue weighted by atomic mass is 19.1. The SMILES string of the molecule is CNCCOCCOc1ccc(C(OC)OC)cc1F. The fourth-order valence-corrected chi connectivity index (χ4v) is 1.64. The Balaban J connectivity index is 2.43. The minimum atomic E-state index is -0.580. The van der Waals surface area contributed by atoms with Crippen molar-refractivity contribution < 1.29 is 23.3 Å². The lowest BCUT2D eigenvalue weighted by molar-refractivity contribution is -0.106. The molecule has 0 aliphatic heterocycles. The van der Waals surface area contributed by atoms with Gasteiger partial charge in [-0.3, -0.25) is 0 Å². The Morgan fingerprint density at radius 3 is 2.50 bits per heavy atom. The summed E-state index contributed by atoms with van der Waals surface area (Å²) < 4.78 is 34.5. The predicted octanol–water partition coefficient (Wildman–Crippen LogP) is 1.73. The summed E-state index contributed by atoms with van der Waals surface area (Å²) in [7, 11) is 4.85. The smallest absolute Gasteiger partial charge is 0.183 e. The summed E-state index contributed by atoms with van der Waals surface area (Å²) in [5, 5.41) is 2.96. The molecule has 0 aliphatic carbocycles. The predicted molar refractivity (Wildman–Crippen MR) is 73.4 cm³/mol. The topological polar surface area (TPSA) is 49.0 Å². The van der Waals surface area contributed by atoms with Crippen molar-refractivity contribution in [2.24, 2.45) is 0 Å². The van der Waals surface area contributed by atoms with Gasteiger partial charge in [0.15, 0.2) is 17.9 Å². The van der Waals surface area contributed by atoms with Gasteiger partial charge in [-0.05, 0) is 19.2 Å². The first-order chi connectivity index (χ1) is 9.72. The van der Waals surface area contributed by atoms with Crippen LogP contribution in [-0.2, 0) is 14.2 Å². The van der Waals surface area contributed by atoms with Gasteiger partial charge in [-0.25, -0.2) is 4.39 Å². The molecular weight excluding hydrogens is 265 g/mol. The third-order valence-corrected chi connectivity index (χ3v) is 2.64. The molecular formula is C14H22FNO4. The molecule has 0 saturated heterocycles. The summed E-state index contributed by atoms with van der Waals surface area (Å²) in [5.41, 5.74) is 0.602. The van der Waals surface area contributed by atoms with Crippen LogP contribution in [0, 0.1) is 5.82 Å². The summed E-state index contributed by atoms with van der Waals surface area (Å²) in [6.07, 6.45) is -0.580. The number of methoxy groups -OCH3 is 2. The standard InChI is InChI=1S/C14H22FNO4/c1-16-6-7-19-8-9-20-13-5-4-11(10-12(13)15)14(17-2)18-3/h4-5,10,14,16H,6-9H2,1-3H3. The van der Waals surface area contributed by atoms with Gasteiger partial charge in [-0.15, -0.1) is 0 Å². The molecule has 1 aromatic rings. The molecule has 0 fully saturated rings. The Morgan fingerprint density at radius 2 is 1.90 bits per heavy atom. The van der Waals surface area contributed by atoms with E-state index in [2.05, 4.69) is 5.32 Å². The van der Waals surface area contributed by atoms with Gasteiger partial charge < -0.3 is 24.3 Å². The van der Waals surface area contributed by atoms with E-state index in [9.17, 15) is 4.39 Å². The number of hydrogen-bond donors (Lipinski definition) is 1. The Kier molecular flexibility index (Phi) is 8.13. The molecule has 0 bridgehead atoms. The van der Waals surface area contributed by atoms with Crippen LogP contribution >= 0.6 is 0 Å². The molecule has 5 nitrogen and oxygen atoms in total. The number of ether oxygens (including phenoxy) is 4. The van der Waals surface area contributed by atoms with Gasteiger partial charge in [-0.1, -0.05) is 6.07 Å². The Labute approximate surface area is 119 Å². The largest absolute Gasteiger partial charge is 0.488 e. The van der Waals surface area contributed by atoms with Crippen LogP contribution < -0.4 is 10.1 Å². The Bertz CT molecular complexity index is 385. The first-order valence-corrected chi connectivity index (χ1v) is 6.43. The summed E-state index contributed by atoms with van der Waals surface area (Å²) in [6.45, 7) is 2.10. The third-order valence-electron chi connectivity index (χ3n) is 2.64. The van der Waals surface area contributed by atoms with Gasteiger partial charge in [0.05, 0.1) is 13.2 Å². The molecule has 0 unspecified atom stereocenters. The number of rotatable bonds is 10. The zero-order valence-corrected chi connectivity index (χ0v) is 12.1. The van der Waals surface area contributed by atoms with Crippen LogP contribution in [0.3, 0.4) is 0 Å². The molecule has 0 saturated carbocycles. The highest BCUT2D eigenvalue weighted by Crippen LogP contribution is 2.24. The third kappa shape index (κ3) is 5.42. The molecule has 0 atom stereocenters. The van der Waals surface area contributed by atoms with Crippen molar-refractivity contribution in [2.45, 2.75) is 6.29 Å². The van der Waals surface area contributed by atoms with Crippen LogP contribution in [0.1, 0.15) is 11.9 Å². The zero-order valence-electron chi connectivity index (χ0n) is 12.1. The summed E-state index contributed by atoms with van der Waals surface area (Å²) in [6, 6.07) is 4.61. The van der Waals surface area contributed by atoms with Crippen LogP contribution in [0.5, 0.6) is 5.75 Å². The van der Waals surface area contributed by atoms with E-state index < -0.39 is 12.1 Å². The van der Waals surface area contributed by atoms with Crippen LogP contribution in [0.15, 0.2) is 18.2 Å². The zero-order chi connectivity index (χ0) is 14.8. The van der Waals surface area contributed by atoms with Gasteiger partial charge >= 0.3 is 0 Å². The summed E-state index contributed by atoms with van der Waals surface area (Å²) in [5.74, 6) is -0.256. The maximum Gasteiger partial charge on any atom is 0.183 e. The number of hydrogen-bond acceptors (Lipinski definition) is 5. The van der Waals surface area contributed by atoms with Gasteiger partial charge in [0.2, 0.25) is 0 Å². The second kappa shape index (κ2) is 9.66. The van der Waals surface area contributed by atoms with Crippen molar-refractivity contribution >= 4 is 0 Å². The fraction of sp³-hybridized carbons (Fsp3) is 0.571. The van der Waals surface area contributed by atoms with Crippen LogP contribution in [0.4, 0.5) is 4.39 Å². The van der Waals surface area contributed by atoms with Gasteiger partial charge in [0.1, 0.15) is 6.61 Å². The van der Waals surface area contributed by atoms with Crippen molar-refractivity contribution in [2.75, 3.05) is 47.6 Å². The first-order valence-electron chi connectivity index (χ1n) is 6.43. The normalized spacial score (nSPS) is 11.1. The molecule has 20 heavy (non-hydrogen) atoms. The second-order valence-electron chi connectivity index (χ2n) is 4.06. The van der Waals surface area contributed by atoms with Crippen LogP contribution in [0.25, 0.3) is 0 Å². The molecule has 0 amide bonds. The molecule has 0 aromatic heterocycles. The van der Waals surface area contributed by atoms with E-state index in [0.717, 1.165) is 6.54 Å². The quantitative estimate of drug-likeness (QED) is 0.524. The van der Waals surface area contributed by atoms with E-state index in [0.29, 0.717) is 25.4 Å². The Morgan fingerprint density at radius 1 is 1.15 bits per heavy atom. The fourth-order valence-electron chi connectivity index (χ4n) is 1.64.